The van der Waals surface area contributed by atoms with E-state index in [2.05, 4.69) is 4.98 Å². The lowest BCUT2D eigenvalue weighted by Crippen LogP contribution is -2.53. The SMILES string of the molecule is CC1CN(C(=O)c2nc(S(C)(=O)=O)n3ccccc23)CC(C)(C)O1. The van der Waals surface area contributed by atoms with Crippen LogP contribution in [0.2, 0.25) is 0 Å². The molecule has 1 saturated heterocycles. The smallest absolute Gasteiger partial charge is 0.274 e. The van der Waals surface area contributed by atoms with Crippen LogP contribution in [0.15, 0.2) is 29.6 Å². The second-order valence-electron chi connectivity index (χ2n) is 6.84. The summed E-state index contributed by atoms with van der Waals surface area (Å²) in [6.45, 7) is 6.64. The highest BCUT2D eigenvalue weighted by Crippen LogP contribution is 2.24. The monoisotopic (exact) mass is 351 g/mol. The summed E-state index contributed by atoms with van der Waals surface area (Å²) < 4.78 is 31.2. The third kappa shape index (κ3) is 3.03. The summed E-state index contributed by atoms with van der Waals surface area (Å²) in [5.41, 5.74) is 0.184. The Bertz CT molecular complexity index is 901. The van der Waals surface area contributed by atoms with Gasteiger partial charge in [0, 0.05) is 25.5 Å². The molecule has 0 aromatic carbocycles. The van der Waals surface area contributed by atoms with Gasteiger partial charge in [-0.3, -0.25) is 9.20 Å². The van der Waals surface area contributed by atoms with Crippen molar-refractivity contribution >= 4 is 21.3 Å². The van der Waals surface area contributed by atoms with E-state index >= 15 is 0 Å². The predicted molar refractivity (Wildman–Crippen MR) is 88.8 cm³/mol. The molecule has 0 radical (unpaired) electrons. The minimum Gasteiger partial charge on any atom is -0.369 e. The number of hydrogen-bond donors (Lipinski definition) is 0. The Morgan fingerprint density at radius 3 is 2.71 bits per heavy atom. The molecule has 3 heterocycles. The zero-order valence-electron chi connectivity index (χ0n) is 14.2. The largest absolute Gasteiger partial charge is 0.369 e. The van der Waals surface area contributed by atoms with Crippen LogP contribution in [-0.2, 0) is 14.6 Å². The molecular formula is C16H21N3O4S. The third-order valence-electron chi connectivity index (χ3n) is 3.91. The Hall–Kier alpha value is -1.93. The zero-order chi connectivity index (χ0) is 17.7. The van der Waals surface area contributed by atoms with Gasteiger partial charge in [-0.1, -0.05) is 6.07 Å². The number of carbonyl (C=O) groups excluding carboxylic acids is 1. The minimum absolute atomic E-state index is 0.0963. The average Bonchev–Trinajstić information content (AvgIpc) is 2.84. The van der Waals surface area contributed by atoms with E-state index in [1.807, 2.05) is 20.8 Å². The minimum atomic E-state index is -3.55. The van der Waals surface area contributed by atoms with Gasteiger partial charge in [-0.05, 0) is 32.9 Å². The van der Waals surface area contributed by atoms with Crippen molar-refractivity contribution in [2.45, 2.75) is 37.6 Å². The number of pyridine rings is 1. The molecule has 8 heteroatoms. The zero-order valence-corrected chi connectivity index (χ0v) is 15.0. The lowest BCUT2D eigenvalue weighted by molar-refractivity contribution is -0.118. The Morgan fingerprint density at radius 1 is 1.38 bits per heavy atom. The number of rotatable bonds is 2. The summed E-state index contributed by atoms with van der Waals surface area (Å²) in [5.74, 6) is -0.281. The standard InChI is InChI=1S/C16H21N3O4S/c1-11-9-18(10-16(2,3)23-11)14(20)13-12-7-5-6-8-19(12)15(17-13)24(4,21)22/h5-8,11H,9-10H2,1-4H3. The maximum Gasteiger partial charge on any atom is 0.274 e. The number of fused-ring (bicyclic) bond motifs is 1. The predicted octanol–water partition coefficient (Wildman–Crippen LogP) is 1.38. The van der Waals surface area contributed by atoms with Crippen molar-refractivity contribution in [1.82, 2.24) is 14.3 Å². The molecule has 7 nitrogen and oxygen atoms in total. The molecule has 24 heavy (non-hydrogen) atoms. The second kappa shape index (κ2) is 5.56. The van der Waals surface area contributed by atoms with E-state index in [1.54, 1.807) is 29.3 Å². The van der Waals surface area contributed by atoms with Gasteiger partial charge in [-0.25, -0.2) is 13.4 Å². The van der Waals surface area contributed by atoms with E-state index in [0.717, 1.165) is 6.26 Å². The molecule has 0 bridgehead atoms. The van der Waals surface area contributed by atoms with Crippen molar-refractivity contribution in [3.63, 3.8) is 0 Å². The maximum atomic E-state index is 13.0. The van der Waals surface area contributed by atoms with Gasteiger partial charge < -0.3 is 9.64 Å². The van der Waals surface area contributed by atoms with Gasteiger partial charge in [-0.15, -0.1) is 0 Å². The lowest BCUT2D eigenvalue weighted by atomic mass is 10.1. The van der Waals surface area contributed by atoms with Crippen LogP contribution in [-0.4, -0.2) is 59.7 Å². The highest BCUT2D eigenvalue weighted by molar-refractivity contribution is 7.90. The van der Waals surface area contributed by atoms with E-state index in [9.17, 15) is 13.2 Å². The normalized spacial score (nSPS) is 21.2. The molecule has 0 N–H and O–H groups in total. The van der Waals surface area contributed by atoms with Gasteiger partial charge in [0.2, 0.25) is 15.0 Å². The highest BCUT2D eigenvalue weighted by atomic mass is 32.2. The molecule has 0 spiro atoms. The summed E-state index contributed by atoms with van der Waals surface area (Å²) >= 11 is 0. The fraction of sp³-hybridized carbons (Fsp3) is 0.500. The topological polar surface area (TPSA) is 81.0 Å². The van der Waals surface area contributed by atoms with Gasteiger partial charge in [0.15, 0.2) is 5.69 Å². The number of morpholine rings is 1. The maximum absolute atomic E-state index is 13.0. The highest BCUT2D eigenvalue weighted by Gasteiger charge is 2.36. The number of amides is 1. The number of hydrogen-bond acceptors (Lipinski definition) is 5. The molecular weight excluding hydrogens is 330 g/mol. The molecule has 0 aliphatic carbocycles. The van der Waals surface area contributed by atoms with Crippen LogP contribution in [0.3, 0.4) is 0 Å². The number of nitrogens with zero attached hydrogens (tertiary/aromatic N) is 3. The van der Waals surface area contributed by atoms with Gasteiger partial charge in [0.05, 0.1) is 17.2 Å². The van der Waals surface area contributed by atoms with Crippen LogP contribution < -0.4 is 0 Å². The van der Waals surface area contributed by atoms with Crippen molar-refractivity contribution < 1.29 is 17.9 Å². The number of carbonyl (C=O) groups is 1. The summed E-state index contributed by atoms with van der Waals surface area (Å²) in [5, 5.41) is -0.123. The quantitative estimate of drug-likeness (QED) is 0.816. The number of imidazole rings is 1. The number of sulfone groups is 1. The summed E-state index contributed by atoms with van der Waals surface area (Å²) in [6.07, 6.45) is 2.59. The Balaban J connectivity index is 2.08. The number of ether oxygens (including phenoxy) is 1. The molecule has 1 amide bonds. The van der Waals surface area contributed by atoms with Crippen molar-refractivity contribution in [2.24, 2.45) is 0 Å². The Morgan fingerprint density at radius 2 is 2.08 bits per heavy atom. The fourth-order valence-corrected chi connectivity index (χ4v) is 3.96. The van der Waals surface area contributed by atoms with Crippen LogP contribution in [0.4, 0.5) is 0 Å². The van der Waals surface area contributed by atoms with Crippen LogP contribution in [0.5, 0.6) is 0 Å². The second-order valence-corrected chi connectivity index (χ2v) is 8.75. The van der Waals surface area contributed by atoms with Crippen molar-refractivity contribution in [3.8, 4) is 0 Å². The first-order valence-electron chi connectivity index (χ1n) is 7.73. The van der Waals surface area contributed by atoms with Crippen LogP contribution >= 0.6 is 0 Å². The average molecular weight is 351 g/mol. The van der Waals surface area contributed by atoms with E-state index in [1.165, 1.54) is 4.40 Å². The van der Waals surface area contributed by atoms with Crippen molar-refractivity contribution in [1.29, 1.82) is 0 Å². The van der Waals surface area contributed by atoms with Crippen LogP contribution in [0, 0.1) is 0 Å². The van der Waals surface area contributed by atoms with E-state index in [0.29, 0.717) is 18.6 Å². The van der Waals surface area contributed by atoms with Crippen molar-refractivity contribution in [3.05, 3.63) is 30.1 Å². The number of aromatic nitrogens is 2. The van der Waals surface area contributed by atoms with Crippen LogP contribution in [0.25, 0.3) is 5.52 Å². The molecule has 2 aromatic rings. The van der Waals surface area contributed by atoms with Gasteiger partial charge in [-0.2, -0.15) is 0 Å². The first-order chi connectivity index (χ1) is 11.1. The summed E-state index contributed by atoms with van der Waals surface area (Å²) in [7, 11) is -3.55. The van der Waals surface area contributed by atoms with E-state index in [-0.39, 0.29) is 22.9 Å². The molecule has 1 atom stereocenters. The van der Waals surface area contributed by atoms with Crippen LogP contribution in [0.1, 0.15) is 31.3 Å². The summed E-state index contributed by atoms with van der Waals surface area (Å²) in [4.78, 5) is 18.8. The lowest BCUT2D eigenvalue weighted by Gasteiger charge is -2.41. The Kier molecular flexibility index (Phi) is 3.92. The Labute approximate surface area is 141 Å². The van der Waals surface area contributed by atoms with E-state index in [4.69, 9.17) is 4.74 Å². The van der Waals surface area contributed by atoms with Crippen molar-refractivity contribution in [2.75, 3.05) is 19.3 Å². The first kappa shape index (κ1) is 16.9. The van der Waals surface area contributed by atoms with Gasteiger partial charge >= 0.3 is 0 Å². The molecule has 3 rings (SSSR count). The fourth-order valence-electron chi connectivity index (χ4n) is 3.19. The molecule has 0 saturated carbocycles. The first-order valence-corrected chi connectivity index (χ1v) is 9.62. The third-order valence-corrected chi connectivity index (χ3v) is 4.86. The van der Waals surface area contributed by atoms with E-state index < -0.39 is 15.4 Å². The van der Waals surface area contributed by atoms with Gasteiger partial charge in [0.25, 0.3) is 5.91 Å². The molecule has 1 aliphatic rings. The molecule has 1 unspecified atom stereocenters. The molecule has 1 fully saturated rings. The molecule has 1 aliphatic heterocycles. The summed E-state index contributed by atoms with van der Waals surface area (Å²) in [6, 6.07) is 5.16. The molecule has 130 valence electrons. The van der Waals surface area contributed by atoms with Gasteiger partial charge in [0.1, 0.15) is 0 Å². The molecule has 2 aromatic heterocycles.